The van der Waals surface area contributed by atoms with Gasteiger partial charge in [0.25, 0.3) is 0 Å². The van der Waals surface area contributed by atoms with Crippen LogP contribution in [0.3, 0.4) is 0 Å². The molecule has 0 saturated carbocycles. The molecule has 0 unspecified atom stereocenters. The number of hydrogen-bond acceptors (Lipinski definition) is 6. The highest BCUT2D eigenvalue weighted by molar-refractivity contribution is 7.89. The van der Waals surface area contributed by atoms with Crippen LogP contribution in [0.1, 0.15) is 34.6 Å². The first-order valence-electron chi connectivity index (χ1n) is 9.45. The highest BCUT2D eigenvalue weighted by Crippen LogP contribution is 2.21. The summed E-state index contributed by atoms with van der Waals surface area (Å²) in [6, 6.07) is 13.4. The molecule has 1 fully saturated rings. The zero-order chi connectivity index (χ0) is 20.4. The van der Waals surface area contributed by atoms with E-state index in [2.05, 4.69) is 9.97 Å². The molecule has 0 amide bonds. The molecule has 1 aliphatic rings. The van der Waals surface area contributed by atoms with Crippen LogP contribution < -0.4 is 0 Å². The molecule has 8 heteroatoms. The van der Waals surface area contributed by atoms with Gasteiger partial charge in [0.05, 0.1) is 32.9 Å². The predicted octanol–water partition coefficient (Wildman–Crippen LogP) is 3.08. The highest BCUT2D eigenvalue weighted by atomic mass is 32.2. The monoisotopic (exact) mass is 411 g/mol. The summed E-state index contributed by atoms with van der Waals surface area (Å²) >= 11 is 0. The molecule has 4 rings (SSSR count). The van der Waals surface area contributed by atoms with E-state index < -0.39 is 16.0 Å². The first kappa shape index (κ1) is 19.5. The summed E-state index contributed by atoms with van der Waals surface area (Å²) in [6.07, 6.45) is 1.75. The predicted molar refractivity (Wildman–Crippen MR) is 108 cm³/mol. The minimum Gasteiger partial charge on any atom is -0.456 e. The second-order valence-corrected chi connectivity index (χ2v) is 8.89. The molecule has 0 aliphatic carbocycles. The first-order chi connectivity index (χ1) is 13.9. The quantitative estimate of drug-likeness (QED) is 0.600. The minimum atomic E-state index is -3.50. The van der Waals surface area contributed by atoms with Gasteiger partial charge in [-0.05, 0) is 56.2 Å². The molecule has 1 aromatic heterocycles. The summed E-state index contributed by atoms with van der Waals surface area (Å²) in [6.45, 7) is 2.90. The number of benzene rings is 2. The maximum Gasteiger partial charge on any atom is 0.338 e. The van der Waals surface area contributed by atoms with Crippen LogP contribution in [0.4, 0.5) is 0 Å². The van der Waals surface area contributed by atoms with Crippen molar-refractivity contribution in [2.24, 2.45) is 0 Å². The van der Waals surface area contributed by atoms with Gasteiger partial charge in [-0.2, -0.15) is 4.31 Å². The molecule has 2 heterocycles. The average Bonchev–Trinajstić information content (AvgIpc) is 3.28. The van der Waals surface area contributed by atoms with Gasteiger partial charge >= 0.3 is 5.97 Å². The molecular weight excluding hydrogens is 390 g/mol. The lowest BCUT2D eigenvalue weighted by Gasteiger charge is -2.15. The number of rotatable bonds is 5. The van der Waals surface area contributed by atoms with Gasteiger partial charge in [0.1, 0.15) is 6.61 Å². The van der Waals surface area contributed by atoms with Crippen LogP contribution in [0, 0.1) is 6.92 Å². The topological polar surface area (TPSA) is 89.5 Å². The molecule has 3 aromatic rings. The van der Waals surface area contributed by atoms with Crippen LogP contribution in [0.15, 0.2) is 53.4 Å². The van der Waals surface area contributed by atoms with E-state index in [-0.39, 0.29) is 17.1 Å². The largest absolute Gasteiger partial charge is 0.456 e. The molecule has 0 spiro atoms. The maximum absolute atomic E-state index is 12.6. The summed E-state index contributed by atoms with van der Waals surface area (Å²) in [5, 5.41) is 0. The van der Waals surface area contributed by atoms with E-state index in [0.29, 0.717) is 24.5 Å². The lowest BCUT2D eigenvalue weighted by atomic mass is 10.2. The number of nitrogens with zero attached hydrogens (tertiary/aromatic N) is 3. The van der Waals surface area contributed by atoms with Crippen molar-refractivity contribution in [2.45, 2.75) is 31.3 Å². The number of para-hydroxylation sites is 2. The van der Waals surface area contributed by atoms with E-state index in [1.165, 1.54) is 28.6 Å². The van der Waals surface area contributed by atoms with Crippen molar-refractivity contribution in [2.75, 3.05) is 13.1 Å². The Labute approximate surface area is 169 Å². The van der Waals surface area contributed by atoms with E-state index in [1.54, 1.807) is 0 Å². The second-order valence-electron chi connectivity index (χ2n) is 6.96. The van der Waals surface area contributed by atoms with Crippen molar-refractivity contribution in [3.05, 3.63) is 65.5 Å². The fourth-order valence-electron chi connectivity index (χ4n) is 3.32. The molecule has 29 heavy (non-hydrogen) atoms. The van der Waals surface area contributed by atoms with Crippen molar-refractivity contribution >= 4 is 27.0 Å². The zero-order valence-corrected chi connectivity index (χ0v) is 16.9. The van der Waals surface area contributed by atoms with Gasteiger partial charge in [-0.1, -0.05) is 12.1 Å². The van der Waals surface area contributed by atoms with Crippen molar-refractivity contribution in [3.8, 4) is 0 Å². The van der Waals surface area contributed by atoms with Gasteiger partial charge in [0, 0.05) is 13.1 Å². The van der Waals surface area contributed by atoms with Crippen molar-refractivity contribution in [1.29, 1.82) is 0 Å². The van der Waals surface area contributed by atoms with E-state index in [0.717, 1.165) is 23.9 Å². The van der Waals surface area contributed by atoms with Crippen LogP contribution in [-0.4, -0.2) is 41.7 Å². The van der Waals surface area contributed by atoms with Gasteiger partial charge in [-0.15, -0.1) is 0 Å². The minimum absolute atomic E-state index is 0.00364. The Hall–Kier alpha value is -2.84. The Morgan fingerprint density at radius 3 is 2.28 bits per heavy atom. The van der Waals surface area contributed by atoms with Gasteiger partial charge in [0.2, 0.25) is 10.0 Å². The van der Waals surface area contributed by atoms with Crippen LogP contribution in [0.5, 0.6) is 0 Å². The van der Waals surface area contributed by atoms with Crippen LogP contribution >= 0.6 is 0 Å². The van der Waals surface area contributed by atoms with E-state index in [9.17, 15) is 13.2 Å². The SMILES string of the molecule is Cc1nc2ccccc2nc1COC(=O)c1ccc(S(=O)(=O)N2CCCC2)cc1. The Balaban J connectivity index is 1.46. The Morgan fingerprint density at radius 1 is 1.00 bits per heavy atom. The van der Waals surface area contributed by atoms with E-state index >= 15 is 0 Å². The smallest absolute Gasteiger partial charge is 0.338 e. The molecule has 2 aromatic carbocycles. The molecule has 0 atom stereocenters. The second kappa shape index (κ2) is 7.88. The fourth-order valence-corrected chi connectivity index (χ4v) is 4.84. The molecule has 1 aliphatic heterocycles. The van der Waals surface area contributed by atoms with Gasteiger partial charge in [-0.3, -0.25) is 0 Å². The van der Waals surface area contributed by atoms with Crippen molar-refractivity contribution < 1.29 is 17.9 Å². The van der Waals surface area contributed by atoms with E-state index in [1.807, 2.05) is 31.2 Å². The lowest BCUT2D eigenvalue weighted by molar-refractivity contribution is 0.0467. The molecule has 150 valence electrons. The summed E-state index contributed by atoms with van der Waals surface area (Å²) < 4.78 is 32.0. The van der Waals surface area contributed by atoms with Gasteiger partial charge < -0.3 is 4.74 Å². The summed E-state index contributed by atoms with van der Waals surface area (Å²) in [5.41, 5.74) is 3.10. The Bertz CT molecular complexity index is 1150. The Kier molecular flexibility index (Phi) is 5.29. The summed E-state index contributed by atoms with van der Waals surface area (Å²) in [7, 11) is -3.50. The molecule has 0 bridgehead atoms. The number of aromatic nitrogens is 2. The molecule has 0 N–H and O–H groups in total. The van der Waals surface area contributed by atoms with Crippen LogP contribution in [0.2, 0.25) is 0 Å². The van der Waals surface area contributed by atoms with Gasteiger partial charge in [0.15, 0.2) is 0 Å². The number of aryl methyl sites for hydroxylation is 1. The Morgan fingerprint density at radius 2 is 1.62 bits per heavy atom. The number of hydrogen-bond donors (Lipinski definition) is 0. The third-order valence-corrected chi connectivity index (χ3v) is 6.89. The summed E-state index contributed by atoms with van der Waals surface area (Å²) in [5.74, 6) is -0.538. The van der Waals surface area contributed by atoms with Crippen LogP contribution in [0.25, 0.3) is 11.0 Å². The number of sulfonamides is 1. The number of ether oxygens (including phenoxy) is 1. The first-order valence-corrected chi connectivity index (χ1v) is 10.9. The summed E-state index contributed by atoms with van der Waals surface area (Å²) in [4.78, 5) is 21.6. The average molecular weight is 411 g/mol. The number of carbonyl (C=O) groups excluding carboxylic acids is 1. The normalized spacial score (nSPS) is 14.9. The molecule has 1 saturated heterocycles. The third kappa shape index (κ3) is 3.99. The number of fused-ring (bicyclic) bond motifs is 1. The van der Waals surface area contributed by atoms with Crippen LogP contribution in [-0.2, 0) is 21.4 Å². The molecule has 0 radical (unpaired) electrons. The molecular formula is C21H21N3O4S. The molecule has 7 nitrogen and oxygen atoms in total. The standard InChI is InChI=1S/C21H21N3O4S/c1-15-20(23-19-7-3-2-6-18(19)22-15)14-28-21(25)16-8-10-17(11-9-16)29(26,27)24-12-4-5-13-24/h2-3,6-11H,4-5,12-14H2,1H3. The zero-order valence-electron chi connectivity index (χ0n) is 16.0. The number of esters is 1. The highest BCUT2D eigenvalue weighted by Gasteiger charge is 2.27. The van der Waals surface area contributed by atoms with Crippen molar-refractivity contribution in [3.63, 3.8) is 0 Å². The van der Waals surface area contributed by atoms with Gasteiger partial charge in [-0.25, -0.2) is 23.2 Å². The fraction of sp³-hybridized carbons (Fsp3) is 0.286. The van der Waals surface area contributed by atoms with E-state index in [4.69, 9.17) is 4.74 Å². The maximum atomic E-state index is 12.6. The number of carbonyl (C=O) groups is 1. The lowest BCUT2D eigenvalue weighted by Crippen LogP contribution is -2.27. The third-order valence-electron chi connectivity index (χ3n) is 4.98. The van der Waals surface area contributed by atoms with Crippen molar-refractivity contribution in [1.82, 2.24) is 14.3 Å².